The molecule has 2 aromatic rings. The lowest BCUT2D eigenvalue weighted by Gasteiger charge is -2.11. The SMILES string of the molecule is CCCCCCCCCCCC(=O)NCC(=O)NN=Cc1cc(Br)ccc1OC(=O)c1ccc(OC)c(OC)c1. The number of hydrogen-bond donors (Lipinski definition) is 2. The number of ether oxygens (including phenoxy) is 3. The Morgan fingerprint density at radius 3 is 2.15 bits per heavy atom. The number of halogens is 1. The normalized spacial score (nSPS) is 10.8. The first-order valence-corrected chi connectivity index (χ1v) is 14.5. The van der Waals surface area contributed by atoms with Crippen LogP contribution in [0, 0.1) is 0 Å². The van der Waals surface area contributed by atoms with Crippen LogP contribution in [0.25, 0.3) is 0 Å². The number of nitrogens with zero attached hydrogens (tertiary/aromatic N) is 1. The van der Waals surface area contributed by atoms with Crippen LogP contribution in [0.5, 0.6) is 17.2 Å². The van der Waals surface area contributed by atoms with E-state index in [0.717, 1.165) is 23.7 Å². The summed E-state index contributed by atoms with van der Waals surface area (Å²) in [5.41, 5.74) is 3.11. The van der Waals surface area contributed by atoms with E-state index in [1.54, 1.807) is 30.3 Å². The Morgan fingerprint density at radius 1 is 0.825 bits per heavy atom. The first-order valence-electron chi connectivity index (χ1n) is 13.7. The summed E-state index contributed by atoms with van der Waals surface area (Å²) in [6.45, 7) is 2.04. The molecule has 9 nitrogen and oxygen atoms in total. The molecule has 0 aliphatic carbocycles. The van der Waals surface area contributed by atoms with Gasteiger partial charge in [0.2, 0.25) is 5.91 Å². The molecule has 0 aliphatic heterocycles. The largest absolute Gasteiger partial charge is 0.493 e. The minimum atomic E-state index is -0.600. The molecule has 0 spiro atoms. The van der Waals surface area contributed by atoms with Crippen molar-refractivity contribution in [1.29, 1.82) is 0 Å². The van der Waals surface area contributed by atoms with Gasteiger partial charge in [-0.3, -0.25) is 9.59 Å². The van der Waals surface area contributed by atoms with Crippen LogP contribution in [-0.2, 0) is 9.59 Å². The van der Waals surface area contributed by atoms with E-state index in [1.165, 1.54) is 65.0 Å². The van der Waals surface area contributed by atoms with Crippen molar-refractivity contribution >= 4 is 39.9 Å². The molecule has 10 heteroatoms. The first-order chi connectivity index (χ1) is 19.4. The Balaban J connectivity index is 1.78. The monoisotopic (exact) mass is 617 g/mol. The number of nitrogens with one attached hydrogen (secondary N) is 2. The van der Waals surface area contributed by atoms with Crippen LogP contribution in [0.15, 0.2) is 46.0 Å². The van der Waals surface area contributed by atoms with Gasteiger partial charge < -0.3 is 19.5 Å². The number of rotatable bonds is 18. The number of hydrazone groups is 1. The minimum absolute atomic E-state index is 0.154. The summed E-state index contributed by atoms with van der Waals surface area (Å²) in [4.78, 5) is 36.9. The predicted molar refractivity (Wildman–Crippen MR) is 159 cm³/mol. The smallest absolute Gasteiger partial charge is 0.343 e. The fourth-order valence-corrected chi connectivity index (χ4v) is 4.29. The van der Waals surface area contributed by atoms with Crippen LogP contribution in [0.1, 0.15) is 87.1 Å². The molecule has 2 rings (SSSR count). The summed E-state index contributed by atoms with van der Waals surface area (Å²) in [6.07, 6.45) is 12.4. The first kappa shape index (κ1) is 32.8. The van der Waals surface area contributed by atoms with Crippen molar-refractivity contribution in [3.05, 3.63) is 52.0 Å². The van der Waals surface area contributed by atoms with Crippen LogP contribution in [0.4, 0.5) is 0 Å². The van der Waals surface area contributed by atoms with E-state index in [-0.39, 0.29) is 23.8 Å². The summed E-state index contributed by atoms with van der Waals surface area (Å²) < 4.78 is 16.7. The molecule has 2 aromatic carbocycles. The lowest BCUT2D eigenvalue weighted by atomic mass is 10.1. The molecule has 2 N–H and O–H groups in total. The van der Waals surface area contributed by atoms with Crippen molar-refractivity contribution in [3.8, 4) is 17.2 Å². The Bertz CT molecular complexity index is 1140. The van der Waals surface area contributed by atoms with Crippen molar-refractivity contribution in [2.75, 3.05) is 20.8 Å². The van der Waals surface area contributed by atoms with E-state index in [4.69, 9.17) is 14.2 Å². The molecule has 0 unspecified atom stereocenters. The van der Waals surface area contributed by atoms with Gasteiger partial charge in [0.25, 0.3) is 5.91 Å². The van der Waals surface area contributed by atoms with Gasteiger partial charge in [-0.2, -0.15) is 5.10 Å². The Labute approximate surface area is 245 Å². The molecule has 0 saturated carbocycles. The van der Waals surface area contributed by atoms with Gasteiger partial charge in [-0.15, -0.1) is 0 Å². The lowest BCUT2D eigenvalue weighted by Crippen LogP contribution is -2.34. The third-order valence-corrected chi connectivity index (χ3v) is 6.63. The maximum atomic E-state index is 12.7. The van der Waals surface area contributed by atoms with Crippen LogP contribution in [-0.4, -0.2) is 44.8 Å². The standard InChI is InChI=1S/C30H40BrN3O6/c1-4-5-6-7-8-9-10-11-12-13-28(35)32-21-29(36)34-33-20-23-18-24(31)15-17-25(23)40-30(37)22-14-16-26(38-2)27(19-22)39-3/h14-20H,4-13,21H2,1-3H3,(H,32,35)(H,34,36). The van der Waals surface area contributed by atoms with Gasteiger partial charge in [-0.1, -0.05) is 74.2 Å². The maximum absolute atomic E-state index is 12.7. The highest BCUT2D eigenvalue weighted by Gasteiger charge is 2.15. The summed E-state index contributed by atoms with van der Waals surface area (Å²) in [7, 11) is 2.99. The van der Waals surface area contributed by atoms with Crippen molar-refractivity contribution in [2.24, 2.45) is 5.10 Å². The molecule has 0 heterocycles. The lowest BCUT2D eigenvalue weighted by molar-refractivity contribution is -0.126. The third-order valence-electron chi connectivity index (χ3n) is 6.14. The highest BCUT2D eigenvalue weighted by atomic mass is 79.9. The molecule has 0 aliphatic rings. The van der Waals surface area contributed by atoms with E-state index in [0.29, 0.717) is 23.5 Å². The van der Waals surface area contributed by atoms with Crippen LogP contribution in [0.3, 0.4) is 0 Å². The van der Waals surface area contributed by atoms with E-state index in [2.05, 4.69) is 38.7 Å². The van der Waals surface area contributed by atoms with Gasteiger partial charge in [0.05, 0.1) is 32.5 Å². The molecule has 0 atom stereocenters. The molecule has 0 radical (unpaired) electrons. The zero-order valence-corrected chi connectivity index (χ0v) is 25.2. The molecule has 0 bridgehead atoms. The van der Waals surface area contributed by atoms with Crippen molar-refractivity contribution in [3.63, 3.8) is 0 Å². The number of unbranched alkanes of at least 4 members (excludes halogenated alkanes) is 8. The fraction of sp³-hybridized carbons (Fsp3) is 0.467. The summed E-state index contributed by atoms with van der Waals surface area (Å²) in [5.74, 6) is -0.0793. The highest BCUT2D eigenvalue weighted by molar-refractivity contribution is 9.10. The van der Waals surface area contributed by atoms with Gasteiger partial charge >= 0.3 is 5.97 Å². The number of esters is 1. The van der Waals surface area contributed by atoms with Crippen molar-refractivity contribution in [1.82, 2.24) is 10.7 Å². The molecule has 218 valence electrons. The molecule has 40 heavy (non-hydrogen) atoms. The minimum Gasteiger partial charge on any atom is -0.493 e. The topological polar surface area (TPSA) is 115 Å². The predicted octanol–water partition coefficient (Wildman–Crippen LogP) is 6.17. The number of methoxy groups -OCH3 is 2. The second-order valence-corrected chi connectivity index (χ2v) is 10.2. The number of carbonyl (C=O) groups excluding carboxylic acids is 3. The van der Waals surface area contributed by atoms with Crippen molar-refractivity contribution < 1.29 is 28.6 Å². The Morgan fingerprint density at radius 2 is 1.48 bits per heavy atom. The third kappa shape index (κ3) is 12.2. The van der Waals surface area contributed by atoms with E-state index in [1.807, 2.05) is 0 Å². The van der Waals surface area contributed by atoms with Gasteiger partial charge in [0, 0.05) is 16.5 Å². The van der Waals surface area contributed by atoms with E-state index < -0.39 is 11.9 Å². The second kappa shape index (κ2) is 18.8. The number of hydrogen-bond acceptors (Lipinski definition) is 7. The van der Waals surface area contributed by atoms with Crippen LogP contribution in [0.2, 0.25) is 0 Å². The van der Waals surface area contributed by atoms with E-state index >= 15 is 0 Å². The zero-order valence-electron chi connectivity index (χ0n) is 23.6. The van der Waals surface area contributed by atoms with Gasteiger partial charge in [0.15, 0.2) is 11.5 Å². The summed E-state index contributed by atoms with van der Waals surface area (Å²) >= 11 is 3.38. The summed E-state index contributed by atoms with van der Waals surface area (Å²) in [5, 5.41) is 6.57. The van der Waals surface area contributed by atoms with Crippen LogP contribution < -0.4 is 25.0 Å². The number of amides is 2. The molecule has 0 aromatic heterocycles. The highest BCUT2D eigenvalue weighted by Crippen LogP contribution is 2.29. The van der Waals surface area contributed by atoms with E-state index in [9.17, 15) is 14.4 Å². The molecule has 2 amide bonds. The second-order valence-electron chi connectivity index (χ2n) is 9.29. The molecular formula is C30H40BrN3O6. The quantitative estimate of drug-likeness (QED) is 0.0679. The van der Waals surface area contributed by atoms with Gasteiger partial charge in [-0.25, -0.2) is 10.2 Å². The van der Waals surface area contributed by atoms with Crippen molar-refractivity contribution in [2.45, 2.75) is 71.1 Å². The fourth-order valence-electron chi connectivity index (χ4n) is 3.91. The molecular weight excluding hydrogens is 578 g/mol. The number of carbonyl (C=O) groups is 3. The molecule has 0 fully saturated rings. The zero-order chi connectivity index (χ0) is 29.2. The average molecular weight is 619 g/mol. The van der Waals surface area contributed by atoms with Crippen LogP contribution >= 0.6 is 15.9 Å². The average Bonchev–Trinajstić information content (AvgIpc) is 2.96. The van der Waals surface area contributed by atoms with Gasteiger partial charge in [0.1, 0.15) is 5.75 Å². The summed E-state index contributed by atoms with van der Waals surface area (Å²) in [6, 6.07) is 9.73. The van der Waals surface area contributed by atoms with Gasteiger partial charge in [-0.05, 0) is 42.8 Å². The Kier molecular flexibility index (Phi) is 15.4. The Hall–Kier alpha value is -3.40. The molecule has 0 saturated heterocycles. The number of benzene rings is 2. The maximum Gasteiger partial charge on any atom is 0.343 e.